The first-order valence-electron chi connectivity index (χ1n) is 22.7. The molecule has 0 aromatic carbocycles. The number of carbonyl (C=O) groups excluding carboxylic acids is 2. The Balaban J connectivity index is 4.24. The summed E-state index contributed by atoms with van der Waals surface area (Å²) in [4.78, 5) is 36.3. The second kappa shape index (κ2) is 41.0. The van der Waals surface area contributed by atoms with E-state index in [9.17, 15) is 19.5 Å². The zero-order chi connectivity index (χ0) is 38.9. The van der Waals surface area contributed by atoms with E-state index in [0.29, 0.717) is 32.2 Å². The number of ether oxygens (including phenoxy) is 1. The van der Waals surface area contributed by atoms with Crippen molar-refractivity contribution in [2.75, 3.05) is 6.54 Å². The van der Waals surface area contributed by atoms with Crippen LogP contribution in [-0.4, -0.2) is 41.6 Å². The maximum absolute atomic E-state index is 12.8. The lowest BCUT2D eigenvalue weighted by Gasteiger charge is -2.15. The number of aliphatic carboxylic acids is 1. The van der Waals surface area contributed by atoms with Crippen molar-refractivity contribution >= 4 is 17.8 Å². The molecule has 310 valence electrons. The number of amides is 1. The van der Waals surface area contributed by atoms with Crippen LogP contribution >= 0.6 is 0 Å². The smallest absolute Gasteiger partial charge is 0.326 e. The Morgan fingerprint density at radius 3 is 1.47 bits per heavy atom. The van der Waals surface area contributed by atoms with Gasteiger partial charge in [0.25, 0.3) is 0 Å². The molecule has 2 unspecified atom stereocenters. The molecule has 1 amide bonds. The van der Waals surface area contributed by atoms with Crippen LogP contribution in [0.1, 0.15) is 232 Å². The van der Waals surface area contributed by atoms with Crippen LogP contribution in [0.15, 0.2) is 24.3 Å². The number of hydrogen-bond donors (Lipinski definition) is 3. The van der Waals surface area contributed by atoms with Crippen LogP contribution in [0.5, 0.6) is 0 Å². The van der Waals surface area contributed by atoms with E-state index in [1.54, 1.807) is 0 Å². The van der Waals surface area contributed by atoms with Gasteiger partial charge in [-0.05, 0) is 89.7 Å². The molecule has 7 nitrogen and oxygen atoms in total. The fourth-order valence-corrected chi connectivity index (χ4v) is 6.77. The number of rotatable bonds is 41. The molecule has 0 radical (unpaired) electrons. The number of allylic oxidation sites excluding steroid dienone is 3. The van der Waals surface area contributed by atoms with Crippen LogP contribution in [0, 0.1) is 0 Å². The van der Waals surface area contributed by atoms with Crippen molar-refractivity contribution < 1.29 is 24.2 Å². The molecule has 4 N–H and O–H groups in total. The van der Waals surface area contributed by atoms with Crippen molar-refractivity contribution in [1.82, 2.24) is 5.32 Å². The lowest BCUT2D eigenvalue weighted by molar-refractivity contribution is -0.147. The molecule has 0 aliphatic heterocycles. The zero-order valence-electron chi connectivity index (χ0n) is 34.9. The predicted molar refractivity (Wildman–Crippen MR) is 225 cm³/mol. The Kier molecular flexibility index (Phi) is 39.4. The third-order valence-electron chi connectivity index (χ3n) is 10.2. The molecule has 0 rings (SSSR count). The molecule has 0 saturated heterocycles. The quantitative estimate of drug-likeness (QED) is 0.0325. The largest absolute Gasteiger partial charge is 0.480 e. The molecule has 0 aromatic rings. The molecule has 0 aliphatic rings. The van der Waals surface area contributed by atoms with Crippen LogP contribution in [0.25, 0.3) is 0 Å². The SMILES string of the molecule is CCCCCCCC/C=C\CCCCCCCCCC(=O)OC(/C=C\CCCCCCCCC)CCCCCCCCC(=O)NC(CCCN)C(=O)O. The highest BCUT2D eigenvalue weighted by Gasteiger charge is 2.18. The molecule has 0 fully saturated rings. The van der Waals surface area contributed by atoms with Gasteiger partial charge in [0.05, 0.1) is 0 Å². The molecular weight excluding hydrogens is 661 g/mol. The summed E-state index contributed by atoms with van der Waals surface area (Å²) >= 11 is 0. The molecular formula is C46H86N2O5. The predicted octanol–water partition coefficient (Wildman–Crippen LogP) is 12.8. The van der Waals surface area contributed by atoms with Crippen LogP contribution in [0.3, 0.4) is 0 Å². The maximum atomic E-state index is 12.8. The van der Waals surface area contributed by atoms with Crippen LogP contribution in [0.2, 0.25) is 0 Å². The molecule has 0 spiro atoms. The standard InChI is InChI=1S/C46H86N2O5/c1-3-5-7-9-11-13-14-15-16-17-18-19-20-22-24-30-34-40-45(50)53-42(36-31-27-23-21-12-10-8-6-4-2)37-32-28-25-26-29-33-39-44(49)48-43(46(51)52)38-35-41-47/h15-16,31,36,42-43H,3-14,17-30,32-35,37-41,47H2,1-2H3,(H,48,49)(H,51,52)/b16-15-,36-31-. The van der Waals surface area contributed by atoms with Gasteiger partial charge < -0.3 is 20.9 Å². The summed E-state index contributed by atoms with van der Waals surface area (Å²) in [5.74, 6) is -1.26. The number of esters is 1. The summed E-state index contributed by atoms with van der Waals surface area (Å²) in [6.45, 7) is 4.94. The monoisotopic (exact) mass is 747 g/mol. The molecule has 7 heteroatoms. The summed E-state index contributed by atoms with van der Waals surface area (Å²) < 4.78 is 5.97. The summed E-state index contributed by atoms with van der Waals surface area (Å²) in [6.07, 6.45) is 46.7. The van der Waals surface area contributed by atoms with Crippen molar-refractivity contribution in [2.24, 2.45) is 5.73 Å². The highest BCUT2D eigenvalue weighted by atomic mass is 16.5. The fraction of sp³-hybridized carbons (Fsp3) is 0.848. The van der Waals surface area contributed by atoms with Gasteiger partial charge in [0, 0.05) is 12.8 Å². The number of hydrogen-bond acceptors (Lipinski definition) is 5. The Bertz CT molecular complexity index is 889. The van der Waals surface area contributed by atoms with Gasteiger partial charge in [-0.2, -0.15) is 0 Å². The van der Waals surface area contributed by atoms with Crippen LogP contribution in [-0.2, 0) is 19.1 Å². The minimum Gasteiger partial charge on any atom is -0.480 e. The number of nitrogens with one attached hydrogen (secondary N) is 1. The van der Waals surface area contributed by atoms with E-state index in [4.69, 9.17) is 10.5 Å². The van der Waals surface area contributed by atoms with Gasteiger partial charge in [-0.1, -0.05) is 160 Å². The summed E-state index contributed by atoms with van der Waals surface area (Å²) in [6, 6.07) is -0.852. The first-order valence-corrected chi connectivity index (χ1v) is 22.7. The molecule has 2 atom stereocenters. The van der Waals surface area contributed by atoms with Crippen molar-refractivity contribution in [3.63, 3.8) is 0 Å². The maximum Gasteiger partial charge on any atom is 0.326 e. The van der Waals surface area contributed by atoms with E-state index in [2.05, 4.69) is 43.5 Å². The molecule has 0 aromatic heterocycles. The highest BCUT2D eigenvalue weighted by Crippen LogP contribution is 2.16. The van der Waals surface area contributed by atoms with E-state index in [1.165, 1.54) is 128 Å². The topological polar surface area (TPSA) is 119 Å². The van der Waals surface area contributed by atoms with Gasteiger partial charge in [0.15, 0.2) is 0 Å². The van der Waals surface area contributed by atoms with Gasteiger partial charge in [-0.3, -0.25) is 9.59 Å². The third-order valence-corrected chi connectivity index (χ3v) is 10.2. The van der Waals surface area contributed by atoms with E-state index in [0.717, 1.165) is 64.2 Å². The summed E-state index contributed by atoms with van der Waals surface area (Å²) in [7, 11) is 0. The summed E-state index contributed by atoms with van der Waals surface area (Å²) in [5, 5.41) is 11.9. The van der Waals surface area contributed by atoms with Gasteiger partial charge in [0.1, 0.15) is 12.1 Å². The summed E-state index contributed by atoms with van der Waals surface area (Å²) in [5.41, 5.74) is 5.48. The van der Waals surface area contributed by atoms with Gasteiger partial charge in [0.2, 0.25) is 5.91 Å². The Morgan fingerprint density at radius 2 is 0.981 bits per heavy atom. The van der Waals surface area contributed by atoms with Crippen LogP contribution < -0.4 is 11.1 Å². The zero-order valence-corrected chi connectivity index (χ0v) is 34.9. The van der Waals surface area contributed by atoms with Crippen molar-refractivity contribution in [3.8, 4) is 0 Å². The lowest BCUT2D eigenvalue weighted by atomic mass is 10.0. The third kappa shape index (κ3) is 37.9. The Hall–Kier alpha value is -2.15. The Labute approximate surface area is 327 Å². The van der Waals surface area contributed by atoms with E-state index in [-0.39, 0.29) is 18.0 Å². The minimum atomic E-state index is -1.00. The van der Waals surface area contributed by atoms with Gasteiger partial charge in [-0.25, -0.2) is 4.79 Å². The number of nitrogens with two attached hydrogens (primary N) is 1. The normalized spacial score (nSPS) is 12.8. The average Bonchev–Trinajstić information content (AvgIpc) is 3.14. The number of carboxylic acid groups (broad SMARTS) is 1. The van der Waals surface area contributed by atoms with Gasteiger partial charge >= 0.3 is 11.9 Å². The number of carbonyl (C=O) groups is 3. The second-order valence-corrected chi connectivity index (χ2v) is 15.5. The van der Waals surface area contributed by atoms with E-state index in [1.807, 2.05) is 0 Å². The first kappa shape index (κ1) is 50.9. The second-order valence-electron chi connectivity index (χ2n) is 15.5. The van der Waals surface area contributed by atoms with Crippen LogP contribution in [0.4, 0.5) is 0 Å². The van der Waals surface area contributed by atoms with E-state index >= 15 is 0 Å². The average molecular weight is 747 g/mol. The van der Waals surface area contributed by atoms with Crippen molar-refractivity contribution in [3.05, 3.63) is 24.3 Å². The Morgan fingerprint density at radius 1 is 0.547 bits per heavy atom. The molecule has 0 saturated carbocycles. The molecule has 0 aliphatic carbocycles. The lowest BCUT2D eigenvalue weighted by Crippen LogP contribution is -2.40. The molecule has 53 heavy (non-hydrogen) atoms. The first-order chi connectivity index (χ1) is 25.9. The fourth-order valence-electron chi connectivity index (χ4n) is 6.77. The highest BCUT2D eigenvalue weighted by molar-refractivity contribution is 5.83. The minimum absolute atomic E-state index is 0.0604. The number of carboxylic acids is 1. The van der Waals surface area contributed by atoms with E-state index < -0.39 is 12.0 Å². The molecule has 0 heterocycles. The van der Waals surface area contributed by atoms with Gasteiger partial charge in [-0.15, -0.1) is 0 Å². The number of unbranched alkanes of at least 4 members (excludes halogenated alkanes) is 25. The molecule has 0 bridgehead atoms. The van der Waals surface area contributed by atoms with Crippen molar-refractivity contribution in [2.45, 2.75) is 244 Å². The van der Waals surface area contributed by atoms with Crippen molar-refractivity contribution in [1.29, 1.82) is 0 Å².